The Labute approximate surface area is 109 Å². The van der Waals surface area contributed by atoms with Gasteiger partial charge in [-0.3, -0.25) is 9.59 Å². The number of carboxylic acids is 2. The molecule has 0 aromatic carbocycles. The van der Waals surface area contributed by atoms with Crippen molar-refractivity contribution in [2.45, 2.75) is 60.8 Å². The fourth-order valence-corrected chi connectivity index (χ4v) is 2.48. The number of aliphatic carboxylic acids is 2. The van der Waals surface area contributed by atoms with Crippen LogP contribution in [0.25, 0.3) is 0 Å². The largest absolute Gasteiger partial charge is 0.481 e. The molecule has 4 nitrogen and oxygen atoms in total. The predicted octanol–water partition coefficient (Wildman–Crippen LogP) is 3.40. The van der Waals surface area contributed by atoms with Gasteiger partial charge >= 0.3 is 11.9 Å². The zero-order chi connectivity index (χ0) is 14.8. The van der Waals surface area contributed by atoms with Crippen LogP contribution in [0.1, 0.15) is 60.8 Å². The highest BCUT2D eigenvalue weighted by Gasteiger charge is 2.53. The van der Waals surface area contributed by atoms with Crippen molar-refractivity contribution in [1.82, 2.24) is 0 Å². The van der Waals surface area contributed by atoms with Crippen LogP contribution in [-0.4, -0.2) is 22.2 Å². The van der Waals surface area contributed by atoms with Gasteiger partial charge in [0.1, 0.15) is 0 Å². The topological polar surface area (TPSA) is 74.6 Å². The molecule has 106 valence electrons. The number of rotatable bonds is 6. The quantitative estimate of drug-likeness (QED) is 0.765. The van der Waals surface area contributed by atoms with E-state index in [4.69, 9.17) is 5.11 Å². The van der Waals surface area contributed by atoms with Gasteiger partial charge in [0.2, 0.25) is 0 Å². The predicted molar refractivity (Wildman–Crippen MR) is 70.5 cm³/mol. The Balaban J connectivity index is 5.73. The molecule has 0 saturated carbocycles. The maximum absolute atomic E-state index is 11.8. The van der Waals surface area contributed by atoms with Crippen molar-refractivity contribution >= 4 is 11.9 Å². The third-order valence-corrected chi connectivity index (χ3v) is 3.87. The Morgan fingerprint density at radius 3 is 1.67 bits per heavy atom. The van der Waals surface area contributed by atoms with Crippen LogP contribution < -0.4 is 0 Å². The average molecular weight is 258 g/mol. The summed E-state index contributed by atoms with van der Waals surface area (Å²) in [6.45, 7) is 11.4. The van der Waals surface area contributed by atoms with Gasteiger partial charge in [-0.25, -0.2) is 0 Å². The van der Waals surface area contributed by atoms with E-state index in [0.29, 0.717) is 12.8 Å². The number of carboxylic acid groups (broad SMARTS) is 2. The maximum Gasteiger partial charge on any atom is 0.310 e. The maximum atomic E-state index is 11.8. The lowest BCUT2D eigenvalue weighted by Crippen LogP contribution is -2.48. The molecule has 4 heteroatoms. The molecule has 1 atom stereocenters. The van der Waals surface area contributed by atoms with Crippen molar-refractivity contribution in [2.75, 3.05) is 0 Å². The molecule has 0 amide bonds. The first-order valence-corrected chi connectivity index (χ1v) is 6.33. The minimum Gasteiger partial charge on any atom is -0.481 e. The Kier molecular flexibility index (Phi) is 4.98. The summed E-state index contributed by atoms with van der Waals surface area (Å²) < 4.78 is 0. The number of carbonyl (C=O) groups is 2. The Hall–Kier alpha value is -1.06. The van der Waals surface area contributed by atoms with Crippen LogP contribution in [0.5, 0.6) is 0 Å². The van der Waals surface area contributed by atoms with E-state index in [1.807, 2.05) is 41.5 Å². The third-order valence-electron chi connectivity index (χ3n) is 3.87. The molecular formula is C14H26O4. The van der Waals surface area contributed by atoms with E-state index in [-0.39, 0.29) is 11.8 Å². The first-order chi connectivity index (χ1) is 7.88. The second-order valence-electron chi connectivity index (χ2n) is 6.93. The van der Waals surface area contributed by atoms with Crippen LogP contribution in [0, 0.1) is 16.2 Å². The van der Waals surface area contributed by atoms with E-state index in [2.05, 4.69) is 0 Å². The van der Waals surface area contributed by atoms with Crippen molar-refractivity contribution in [2.24, 2.45) is 16.2 Å². The lowest BCUT2D eigenvalue weighted by molar-refractivity contribution is -0.168. The van der Waals surface area contributed by atoms with Crippen molar-refractivity contribution in [1.29, 1.82) is 0 Å². The zero-order valence-corrected chi connectivity index (χ0v) is 12.3. The van der Waals surface area contributed by atoms with Crippen molar-refractivity contribution < 1.29 is 19.8 Å². The molecule has 0 heterocycles. The van der Waals surface area contributed by atoms with Gasteiger partial charge in [-0.1, -0.05) is 41.5 Å². The van der Waals surface area contributed by atoms with E-state index in [1.54, 1.807) is 0 Å². The van der Waals surface area contributed by atoms with Crippen LogP contribution in [0.2, 0.25) is 0 Å². The van der Waals surface area contributed by atoms with E-state index >= 15 is 0 Å². The highest BCUT2D eigenvalue weighted by molar-refractivity contribution is 5.82. The number of hydrogen-bond acceptors (Lipinski definition) is 2. The first kappa shape index (κ1) is 16.9. The van der Waals surface area contributed by atoms with Crippen LogP contribution >= 0.6 is 0 Å². The molecule has 0 aromatic rings. The van der Waals surface area contributed by atoms with E-state index in [0.717, 1.165) is 0 Å². The SMILES string of the molecule is CCC(C)(C)C(CC(=O)O)(CC(C)(C)C)C(=O)O. The molecule has 0 spiro atoms. The van der Waals surface area contributed by atoms with Crippen LogP contribution in [0.4, 0.5) is 0 Å². The van der Waals surface area contributed by atoms with Gasteiger partial charge in [-0.15, -0.1) is 0 Å². The molecule has 1 unspecified atom stereocenters. The summed E-state index contributed by atoms with van der Waals surface area (Å²) in [5, 5.41) is 18.7. The second kappa shape index (κ2) is 5.29. The lowest BCUT2D eigenvalue weighted by atomic mass is 9.57. The Morgan fingerprint density at radius 2 is 1.44 bits per heavy atom. The lowest BCUT2D eigenvalue weighted by Gasteiger charge is -2.45. The van der Waals surface area contributed by atoms with Gasteiger partial charge in [0, 0.05) is 0 Å². The summed E-state index contributed by atoms with van der Waals surface area (Å²) in [6, 6.07) is 0. The normalized spacial score (nSPS) is 16.1. The minimum atomic E-state index is -1.23. The molecule has 0 radical (unpaired) electrons. The molecule has 0 aliphatic carbocycles. The molecule has 0 fully saturated rings. The number of hydrogen-bond donors (Lipinski definition) is 2. The van der Waals surface area contributed by atoms with Gasteiger partial charge in [0.15, 0.2) is 0 Å². The van der Waals surface area contributed by atoms with Crippen molar-refractivity contribution in [3.63, 3.8) is 0 Å². The molecule has 0 aliphatic rings. The van der Waals surface area contributed by atoms with Crippen molar-refractivity contribution in [3.8, 4) is 0 Å². The van der Waals surface area contributed by atoms with Gasteiger partial charge in [0.25, 0.3) is 0 Å². The van der Waals surface area contributed by atoms with E-state index in [9.17, 15) is 14.7 Å². The second-order valence-corrected chi connectivity index (χ2v) is 6.93. The van der Waals surface area contributed by atoms with Gasteiger partial charge < -0.3 is 10.2 Å². The molecular weight excluding hydrogens is 232 g/mol. The molecule has 0 saturated heterocycles. The smallest absolute Gasteiger partial charge is 0.310 e. The van der Waals surface area contributed by atoms with Crippen LogP contribution in [-0.2, 0) is 9.59 Å². The third kappa shape index (κ3) is 3.72. The molecule has 0 aromatic heterocycles. The standard InChI is InChI=1S/C14H26O4/c1-7-13(5,6)14(11(17)18,8-10(15)16)9-12(2,3)4/h7-9H2,1-6H3,(H,15,16)(H,17,18). The summed E-state index contributed by atoms with van der Waals surface area (Å²) in [7, 11) is 0. The first-order valence-electron chi connectivity index (χ1n) is 6.33. The molecule has 2 N–H and O–H groups in total. The van der Waals surface area contributed by atoms with Crippen LogP contribution in [0.3, 0.4) is 0 Å². The fraction of sp³-hybridized carbons (Fsp3) is 0.857. The van der Waals surface area contributed by atoms with Gasteiger partial charge in [-0.2, -0.15) is 0 Å². The molecule has 0 rings (SSSR count). The van der Waals surface area contributed by atoms with Crippen LogP contribution in [0.15, 0.2) is 0 Å². The fourth-order valence-electron chi connectivity index (χ4n) is 2.48. The molecule has 0 aliphatic heterocycles. The van der Waals surface area contributed by atoms with Crippen molar-refractivity contribution in [3.05, 3.63) is 0 Å². The summed E-state index contributed by atoms with van der Waals surface area (Å²) >= 11 is 0. The van der Waals surface area contributed by atoms with E-state index < -0.39 is 22.8 Å². The van der Waals surface area contributed by atoms with Gasteiger partial charge in [0.05, 0.1) is 11.8 Å². The highest BCUT2D eigenvalue weighted by Crippen LogP contribution is 2.51. The average Bonchev–Trinajstić information content (AvgIpc) is 2.12. The van der Waals surface area contributed by atoms with E-state index in [1.165, 1.54) is 0 Å². The summed E-state index contributed by atoms with van der Waals surface area (Å²) in [5.41, 5.74) is -2.03. The van der Waals surface area contributed by atoms with Gasteiger partial charge in [-0.05, 0) is 23.7 Å². The summed E-state index contributed by atoms with van der Waals surface area (Å²) in [4.78, 5) is 22.9. The Morgan fingerprint density at radius 1 is 1.00 bits per heavy atom. The minimum absolute atomic E-state index is 0.236. The highest BCUT2D eigenvalue weighted by atomic mass is 16.4. The monoisotopic (exact) mass is 258 g/mol. The Bertz CT molecular complexity index is 325. The molecule has 18 heavy (non-hydrogen) atoms. The molecule has 0 bridgehead atoms. The zero-order valence-electron chi connectivity index (χ0n) is 12.3. The summed E-state index contributed by atoms with van der Waals surface area (Å²) in [5.74, 6) is -2.06. The summed E-state index contributed by atoms with van der Waals surface area (Å²) in [6.07, 6.45) is 0.644.